The number of carbonyl (C=O) groups is 3. The third-order valence-corrected chi connectivity index (χ3v) is 3.12. The summed E-state index contributed by atoms with van der Waals surface area (Å²) in [6, 6.07) is 3.72. The van der Waals surface area contributed by atoms with E-state index >= 15 is 0 Å². The van der Waals surface area contributed by atoms with Crippen LogP contribution in [0.5, 0.6) is 5.75 Å². The molecule has 0 aliphatic carbocycles. The maximum atomic E-state index is 11.6. The van der Waals surface area contributed by atoms with Gasteiger partial charge in [0.25, 0.3) is 0 Å². The number of aromatic carboxylic acids is 1. The van der Waals surface area contributed by atoms with Gasteiger partial charge in [-0.3, -0.25) is 4.79 Å². The zero-order valence-electron chi connectivity index (χ0n) is 11.4. The summed E-state index contributed by atoms with van der Waals surface area (Å²) in [7, 11) is -1.40. The smallest absolute Gasteiger partial charge is 0.534 e. The van der Waals surface area contributed by atoms with Crippen LogP contribution >= 0.6 is 0 Å². The number of para-hydroxylation sites is 1. The summed E-state index contributed by atoms with van der Waals surface area (Å²) in [6.45, 7) is -0.333. The van der Waals surface area contributed by atoms with Gasteiger partial charge >= 0.3 is 19.1 Å². The Morgan fingerprint density at radius 3 is 2.77 bits per heavy atom. The summed E-state index contributed by atoms with van der Waals surface area (Å²) >= 11 is 0. The van der Waals surface area contributed by atoms with E-state index in [1.54, 1.807) is 12.1 Å². The van der Waals surface area contributed by atoms with E-state index < -0.39 is 31.0 Å². The Morgan fingerprint density at radius 1 is 1.41 bits per heavy atom. The standard InChI is InChI=1S/C12H14BN3O6/c14-12(20)15-5-9(17)16-8-4-6-2-1-3-7(11(18)19)10(6)22-13(8)21/h1-3,8,21H,4-5H2,(H,16,17)(H,18,19)(H3,14,15,20)/t8-/m0/s1. The molecule has 2 rings (SSSR count). The second kappa shape index (κ2) is 6.35. The maximum Gasteiger partial charge on any atom is 0.547 e. The minimum absolute atomic E-state index is 0.0586. The Kier molecular flexibility index (Phi) is 4.51. The quantitative estimate of drug-likeness (QED) is 0.427. The van der Waals surface area contributed by atoms with Crippen molar-refractivity contribution in [2.75, 3.05) is 6.54 Å². The van der Waals surface area contributed by atoms with E-state index in [-0.39, 0.29) is 24.3 Å². The van der Waals surface area contributed by atoms with Gasteiger partial charge in [0.1, 0.15) is 5.75 Å². The largest absolute Gasteiger partial charge is 0.547 e. The second-order valence-electron chi connectivity index (χ2n) is 4.70. The van der Waals surface area contributed by atoms with E-state index in [1.165, 1.54) is 6.07 Å². The van der Waals surface area contributed by atoms with Gasteiger partial charge in [-0.05, 0) is 18.1 Å². The van der Waals surface area contributed by atoms with E-state index in [4.69, 9.17) is 15.5 Å². The van der Waals surface area contributed by atoms with Crippen molar-refractivity contribution in [3.63, 3.8) is 0 Å². The highest BCUT2D eigenvalue weighted by Crippen LogP contribution is 2.29. The van der Waals surface area contributed by atoms with Gasteiger partial charge in [-0.15, -0.1) is 0 Å². The van der Waals surface area contributed by atoms with Crippen LogP contribution in [-0.2, 0) is 11.2 Å². The number of primary amides is 1. The topological polar surface area (TPSA) is 151 Å². The fraction of sp³-hybridized carbons (Fsp3) is 0.250. The van der Waals surface area contributed by atoms with Crippen molar-refractivity contribution in [1.82, 2.24) is 10.6 Å². The van der Waals surface area contributed by atoms with Crippen molar-refractivity contribution < 1.29 is 29.2 Å². The molecule has 6 N–H and O–H groups in total. The highest BCUT2D eigenvalue weighted by atomic mass is 16.5. The van der Waals surface area contributed by atoms with Gasteiger partial charge in [-0.1, -0.05) is 12.1 Å². The van der Waals surface area contributed by atoms with Crippen molar-refractivity contribution in [1.29, 1.82) is 0 Å². The molecule has 3 amide bonds. The lowest BCUT2D eigenvalue weighted by molar-refractivity contribution is -0.120. The van der Waals surface area contributed by atoms with E-state index in [1.807, 2.05) is 0 Å². The highest BCUT2D eigenvalue weighted by Gasteiger charge is 2.37. The molecule has 0 fully saturated rings. The van der Waals surface area contributed by atoms with Crippen molar-refractivity contribution in [2.45, 2.75) is 12.4 Å². The van der Waals surface area contributed by atoms with Gasteiger partial charge in [0.15, 0.2) is 0 Å². The number of carboxylic acid groups (broad SMARTS) is 1. The van der Waals surface area contributed by atoms with E-state index in [2.05, 4.69) is 10.6 Å². The van der Waals surface area contributed by atoms with Crippen molar-refractivity contribution in [3.8, 4) is 5.75 Å². The molecule has 9 nitrogen and oxygen atoms in total. The molecule has 1 aromatic carbocycles. The Morgan fingerprint density at radius 2 is 2.14 bits per heavy atom. The second-order valence-corrected chi connectivity index (χ2v) is 4.70. The first kappa shape index (κ1) is 15.6. The molecule has 10 heteroatoms. The number of amides is 3. The number of carboxylic acids is 1. The third kappa shape index (κ3) is 3.47. The van der Waals surface area contributed by atoms with Crippen LogP contribution in [0.1, 0.15) is 15.9 Å². The number of nitrogens with one attached hydrogen (secondary N) is 2. The SMILES string of the molecule is NC(=O)NCC(=O)N[C@H]1Cc2cccc(C(=O)O)c2OB1O. The first-order valence-corrected chi connectivity index (χ1v) is 6.41. The molecule has 22 heavy (non-hydrogen) atoms. The van der Waals surface area contributed by atoms with Crippen LogP contribution < -0.4 is 21.0 Å². The van der Waals surface area contributed by atoms with Crippen LogP contribution in [0.25, 0.3) is 0 Å². The van der Waals surface area contributed by atoms with Crippen LogP contribution in [0.15, 0.2) is 18.2 Å². The summed E-state index contributed by atoms with van der Waals surface area (Å²) in [6.07, 6.45) is 0.194. The third-order valence-electron chi connectivity index (χ3n) is 3.12. The zero-order chi connectivity index (χ0) is 16.3. The highest BCUT2D eigenvalue weighted by molar-refractivity contribution is 6.47. The predicted octanol–water partition coefficient (Wildman–Crippen LogP) is -1.51. The van der Waals surface area contributed by atoms with Gasteiger partial charge < -0.3 is 31.2 Å². The molecule has 0 spiro atoms. The lowest BCUT2D eigenvalue weighted by atomic mass is 9.72. The van der Waals surface area contributed by atoms with E-state index in [0.717, 1.165) is 0 Å². The lowest BCUT2D eigenvalue weighted by Crippen LogP contribution is -2.55. The van der Waals surface area contributed by atoms with Crippen LogP contribution in [0.4, 0.5) is 4.79 Å². The van der Waals surface area contributed by atoms with Gasteiger partial charge in [-0.25, -0.2) is 9.59 Å². The molecule has 0 bridgehead atoms. The fourth-order valence-corrected chi connectivity index (χ4v) is 2.14. The minimum Gasteiger partial charge on any atom is -0.534 e. The summed E-state index contributed by atoms with van der Waals surface area (Å²) in [4.78, 5) is 33.2. The molecule has 1 aliphatic heterocycles. The van der Waals surface area contributed by atoms with E-state index in [9.17, 15) is 19.4 Å². The summed E-state index contributed by atoms with van der Waals surface area (Å²) in [5.74, 6) is -2.40. The molecule has 0 saturated carbocycles. The molecule has 0 aromatic heterocycles. The van der Waals surface area contributed by atoms with Crippen LogP contribution in [0, 0.1) is 0 Å². The maximum absolute atomic E-state index is 11.6. The van der Waals surface area contributed by atoms with Gasteiger partial charge in [0.05, 0.1) is 18.0 Å². The molecular weight excluding hydrogens is 293 g/mol. The Bertz CT molecular complexity index is 623. The Labute approximate surface area is 125 Å². The van der Waals surface area contributed by atoms with Crippen molar-refractivity contribution >= 4 is 25.0 Å². The van der Waals surface area contributed by atoms with Gasteiger partial charge in [0, 0.05) is 0 Å². The van der Waals surface area contributed by atoms with Gasteiger partial charge in [0.2, 0.25) is 5.91 Å². The number of nitrogens with two attached hydrogens (primary N) is 1. The minimum atomic E-state index is -1.40. The predicted molar refractivity (Wildman–Crippen MR) is 75.2 cm³/mol. The molecule has 1 atom stereocenters. The number of rotatable bonds is 4. The van der Waals surface area contributed by atoms with Gasteiger partial charge in [-0.2, -0.15) is 0 Å². The molecule has 116 valence electrons. The fourth-order valence-electron chi connectivity index (χ4n) is 2.14. The molecule has 0 unspecified atom stereocenters. The number of benzene rings is 1. The number of hydrogen-bond acceptors (Lipinski definition) is 5. The van der Waals surface area contributed by atoms with E-state index in [0.29, 0.717) is 5.56 Å². The molecular formula is C12H14BN3O6. The Balaban J connectivity index is 2.09. The molecule has 0 saturated heterocycles. The molecule has 1 heterocycles. The van der Waals surface area contributed by atoms with Crippen LogP contribution in [-0.4, -0.2) is 47.6 Å². The zero-order valence-corrected chi connectivity index (χ0v) is 11.4. The number of hydrogen-bond donors (Lipinski definition) is 5. The molecule has 0 radical (unpaired) electrons. The Hall–Kier alpha value is -2.75. The summed E-state index contributed by atoms with van der Waals surface area (Å²) in [5, 5.41) is 23.6. The first-order valence-electron chi connectivity index (χ1n) is 6.41. The number of urea groups is 1. The van der Waals surface area contributed by atoms with Crippen molar-refractivity contribution in [3.05, 3.63) is 29.3 Å². The summed E-state index contributed by atoms with van der Waals surface area (Å²) < 4.78 is 5.21. The van der Waals surface area contributed by atoms with Crippen molar-refractivity contribution in [2.24, 2.45) is 5.73 Å². The summed E-state index contributed by atoms with van der Waals surface area (Å²) in [5.41, 5.74) is 5.35. The monoisotopic (exact) mass is 307 g/mol. The molecule has 1 aromatic rings. The van der Waals surface area contributed by atoms with Crippen LogP contribution in [0.2, 0.25) is 0 Å². The normalized spacial score (nSPS) is 16.2. The van der Waals surface area contributed by atoms with Crippen LogP contribution in [0.3, 0.4) is 0 Å². The number of carbonyl (C=O) groups excluding carboxylic acids is 2. The first-order chi connectivity index (χ1) is 10.4. The average molecular weight is 307 g/mol. The average Bonchev–Trinajstić information content (AvgIpc) is 2.45. The number of fused-ring (bicyclic) bond motifs is 1. The molecule has 1 aliphatic rings. The lowest BCUT2D eigenvalue weighted by Gasteiger charge is -2.28.